The first kappa shape index (κ1) is 19.9. The Bertz CT molecular complexity index is 1090. The number of aryl methyl sites for hydroxylation is 1. The summed E-state index contributed by atoms with van der Waals surface area (Å²) < 4.78 is 17.9. The normalized spacial score (nSPS) is 16.4. The van der Waals surface area contributed by atoms with Gasteiger partial charge in [-0.25, -0.2) is 0 Å². The van der Waals surface area contributed by atoms with E-state index in [9.17, 15) is 4.79 Å². The number of benzene rings is 2. The molecule has 1 aliphatic heterocycles. The van der Waals surface area contributed by atoms with Gasteiger partial charge in [0.05, 0.1) is 5.75 Å². The lowest BCUT2D eigenvalue weighted by Crippen LogP contribution is -2.40. The molecule has 8 heteroatoms. The van der Waals surface area contributed by atoms with Gasteiger partial charge in [0.2, 0.25) is 11.8 Å². The highest BCUT2D eigenvalue weighted by atomic mass is 32.2. The molecule has 3 aromatic rings. The van der Waals surface area contributed by atoms with Crippen molar-refractivity contribution in [3.63, 3.8) is 0 Å². The maximum Gasteiger partial charge on any atom is 0.277 e. The van der Waals surface area contributed by atoms with Crippen molar-refractivity contribution in [2.24, 2.45) is 0 Å². The molecule has 0 unspecified atom stereocenters. The Hall–Kier alpha value is -3.00. The number of fused-ring (bicyclic) bond motifs is 1. The van der Waals surface area contributed by atoms with Crippen molar-refractivity contribution in [3.8, 4) is 23.0 Å². The minimum Gasteiger partial charge on any atom is -0.448 e. The van der Waals surface area contributed by atoms with E-state index in [2.05, 4.69) is 15.5 Å². The lowest BCUT2D eigenvalue weighted by molar-refractivity contribution is -0.113. The van der Waals surface area contributed by atoms with Gasteiger partial charge in [-0.15, -0.1) is 10.2 Å². The molecular weight excluding hydrogens is 414 g/mol. The van der Waals surface area contributed by atoms with Crippen LogP contribution in [0.1, 0.15) is 37.7 Å². The van der Waals surface area contributed by atoms with Crippen molar-refractivity contribution in [2.75, 3.05) is 11.1 Å². The third-order valence-corrected chi connectivity index (χ3v) is 6.28. The zero-order valence-electron chi connectivity index (χ0n) is 17.2. The first-order valence-electron chi connectivity index (χ1n) is 10.4. The van der Waals surface area contributed by atoms with Crippen LogP contribution in [0.2, 0.25) is 0 Å². The Kier molecular flexibility index (Phi) is 5.31. The minimum absolute atomic E-state index is 0.161. The number of aromatic nitrogens is 2. The summed E-state index contributed by atoms with van der Waals surface area (Å²) in [6.07, 6.45) is 5.23. The highest BCUT2D eigenvalue weighted by Crippen LogP contribution is 2.46. The predicted molar refractivity (Wildman–Crippen MR) is 117 cm³/mol. The summed E-state index contributed by atoms with van der Waals surface area (Å²) in [5, 5.41) is 11.3. The van der Waals surface area contributed by atoms with Gasteiger partial charge in [0, 0.05) is 30.2 Å². The molecule has 2 heterocycles. The van der Waals surface area contributed by atoms with Crippen LogP contribution in [0.3, 0.4) is 0 Å². The number of thioether (sulfide) groups is 1. The van der Waals surface area contributed by atoms with Crippen molar-refractivity contribution in [2.45, 2.75) is 50.0 Å². The summed E-state index contributed by atoms with van der Waals surface area (Å²) >= 11 is 1.20. The Morgan fingerprint density at radius 3 is 2.61 bits per heavy atom. The first-order valence-corrected chi connectivity index (χ1v) is 11.4. The molecule has 1 saturated carbocycles. The van der Waals surface area contributed by atoms with Gasteiger partial charge < -0.3 is 19.2 Å². The molecule has 1 spiro atoms. The SMILES string of the molecule is Cc1ccc(-c2nnc(SCC(=O)Nc3ccc4c(c3)OC3(CCCCC3)O4)o2)cc1. The van der Waals surface area contributed by atoms with E-state index in [1.807, 2.05) is 49.4 Å². The van der Waals surface area contributed by atoms with Crippen LogP contribution in [-0.2, 0) is 4.79 Å². The number of hydrogen-bond donors (Lipinski definition) is 1. The van der Waals surface area contributed by atoms with E-state index in [4.69, 9.17) is 13.9 Å². The van der Waals surface area contributed by atoms with Crippen LogP contribution in [0.4, 0.5) is 5.69 Å². The monoisotopic (exact) mass is 437 g/mol. The van der Waals surface area contributed by atoms with Crippen LogP contribution in [0, 0.1) is 6.92 Å². The molecule has 160 valence electrons. The van der Waals surface area contributed by atoms with Crippen LogP contribution in [-0.4, -0.2) is 27.6 Å². The van der Waals surface area contributed by atoms with Gasteiger partial charge in [-0.1, -0.05) is 35.9 Å². The largest absolute Gasteiger partial charge is 0.448 e. The topological polar surface area (TPSA) is 86.5 Å². The zero-order valence-corrected chi connectivity index (χ0v) is 18.0. The Morgan fingerprint density at radius 1 is 1.03 bits per heavy atom. The summed E-state index contributed by atoms with van der Waals surface area (Å²) in [4.78, 5) is 12.4. The molecule has 1 aromatic heterocycles. The molecule has 1 amide bonds. The van der Waals surface area contributed by atoms with Crippen LogP contribution in [0.15, 0.2) is 52.1 Å². The fourth-order valence-electron chi connectivity index (χ4n) is 3.87. The molecule has 1 fully saturated rings. The molecule has 0 saturated heterocycles. The van der Waals surface area contributed by atoms with E-state index < -0.39 is 5.79 Å². The van der Waals surface area contributed by atoms with Crippen molar-refractivity contribution in [3.05, 3.63) is 48.0 Å². The zero-order chi connectivity index (χ0) is 21.3. The van der Waals surface area contributed by atoms with Crippen molar-refractivity contribution in [1.82, 2.24) is 10.2 Å². The van der Waals surface area contributed by atoms with Gasteiger partial charge >= 0.3 is 0 Å². The summed E-state index contributed by atoms with van der Waals surface area (Å²) in [5.74, 6) is 1.34. The third kappa shape index (κ3) is 4.39. The number of nitrogens with zero attached hydrogens (tertiary/aromatic N) is 2. The van der Waals surface area contributed by atoms with Gasteiger partial charge in [0.1, 0.15) is 0 Å². The summed E-state index contributed by atoms with van der Waals surface area (Å²) in [5.41, 5.74) is 2.68. The molecule has 0 bridgehead atoms. The lowest BCUT2D eigenvalue weighted by Gasteiger charge is -2.31. The molecule has 1 aliphatic carbocycles. The van der Waals surface area contributed by atoms with E-state index in [0.717, 1.165) is 42.6 Å². The van der Waals surface area contributed by atoms with Gasteiger partial charge in [-0.2, -0.15) is 0 Å². The highest BCUT2D eigenvalue weighted by Gasteiger charge is 2.42. The molecule has 2 aliphatic rings. The van der Waals surface area contributed by atoms with Crippen LogP contribution in [0.25, 0.3) is 11.5 Å². The fourth-order valence-corrected chi connectivity index (χ4v) is 4.43. The standard InChI is InChI=1S/C23H23N3O4S/c1-15-5-7-16(8-6-15)21-25-26-22(28-21)31-14-20(27)24-17-9-10-18-19(13-17)30-23(29-18)11-3-2-4-12-23/h5-10,13H,2-4,11-12,14H2,1H3,(H,24,27). The third-order valence-electron chi connectivity index (χ3n) is 5.47. The second-order valence-corrected chi connectivity index (χ2v) is 8.84. The number of amides is 1. The van der Waals surface area contributed by atoms with Gasteiger partial charge in [-0.05, 0) is 44.0 Å². The molecule has 31 heavy (non-hydrogen) atoms. The van der Waals surface area contributed by atoms with E-state index in [1.165, 1.54) is 18.2 Å². The summed E-state index contributed by atoms with van der Waals surface area (Å²) in [6.45, 7) is 2.02. The van der Waals surface area contributed by atoms with E-state index in [-0.39, 0.29) is 11.7 Å². The van der Waals surface area contributed by atoms with E-state index in [1.54, 1.807) is 0 Å². The molecule has 2 aromatic carbocycles. The fraction of sp³-hybridized carbons (Fsp3) is 0.348. The van der Waals surface area contributed by atoms with Crippen LogP contribution in [0.5, 0.6) is 11.5 Å². The number of nitrogens with one attached hydrogen (secondary N) is 1. The van der Waals surface area contributed by atoms with Crippen molar-refractivity contribution >= 4 is 23.4 Å². The lowest BCUT2D eigenvalue weighted by atomic mass is 9.94. The second-order valence-electron chi connectivity index (χ2n) is 7.91. The predicted octanol–water partition coefficient (Wildman–Crippen LogP) is 5.21. The minimum atomic E-state index is -0.522. The molecule has 0 atom stereocenters. The molecule has 1 N–H and O–H groups in total. The average molecular weight is 438 g/mol. The van der Waals surface area contributed by atoms with Gasteiger partial charge in [-0.3, -0.25) is 4.79 Å². The number of anilines is 1. The number of hydrogen-bond acceptors (Lipinski definition) is 7. The average Bonchev–Trinajstić information content (AvgIpc) is 3.37. The quantitative estimate of drug-likeness (QED) is 0.549. The second kappa shape index (κ2) is 8.26. The summed E-state index contributed by atoms with van der Waals surface area (Å²) in [6, 6.07) is 13.3. The molecule has 5 rings (SSSR count). The maximum absolute atomic E-state index is 12.4. The van der Waals surface area contributed by atoms with Gasteiger partial charge in [0.25, 0.3) is 11.0 Å². The molecule has 0 radical (unpaired) electrons. The Morgan fingerprint density at radius 2 is 1.81 bits per heavy atom. The van der Waals surface area contributed by atoms with Gasteiger partial charge in [0.15, 0.2) is 11.5 Å². The van der Waals surface area contributed by atoms with Crippen molar-refractivity contribution < 1.29 is 18.7 Å². The van der Waals surface area contributed by atoms with Crippen molar-refractivity contribution in [1.29, 1.82) is 0 Å². The summed E-state index contributed by atoms with van der Waals surface area (Å²) in [7, 11) is 0. The maximum atomic E-state index is 12.4. The first-order chi connectivity index (χ1) is 15.1. The van der Waals surface area contributed by atoms with E-state index in [0.29, 0.717) is 22.6 Å². The smallest absolute Gasteiger partial charge is 0.277 e. The number of rotatable bonds is 5. The highest BCUT2D eigenvalue weighted by molar-refractivity contribution is 7.99. The number of carbonyl (C=O) groups excluding carboxylic acids is 1. The molecular formula is C23H23N3O4S. The number of ether oxygens (including phenoxy) is 2. The van der Waals surface area contributed by atoms with Crippen LogP contribution >= 0.6 is 11.8 Å². The molecule has 7 nitrogen and oxygen atoms in total. The Labute approximate surface area is 184 Å². The number of carbonyl (C=O) groups is 1. The Balaban J connectivity index is 1.17. The van der Waals surface area contributed by atoms with Crippen LogP contribution < -0.4 is 14.8 Å². The van der Waals surface area contributed by atoms with E-state index >= 15 is 0 Å².